The molecule has 0 saturated carbocycles. The van der Waals surface area contributed by atoms with Crippen molar-refractivity contribution < 1.29 is 0 Å². The topological polar surface area (TPSA) is 153 Å². The zero-order chi connectivity index (χ0) is 32.2. The van der Waals surface area contributed by atoms with Crippen LogP contribution in [0.2, 0.25) is 15.1 Å². The third-order valence-electron chi connectivity index (χ3n) is 6.43. The predicted molar refractivity (Wildman–Crippen MR) is 190 cm³/mol. The van der Waals surface area contributed by atoms with Crippen molar-refractivity contribution in [2.75, 3.05) is 22.1 Å². The van der Waals surface area contributed by atoms with Gasteiger partial charge in [0.1, 0.15) is 0 Å². The van der Waals surface area contributed by atoms with E-state index in [2.05, 4.69) is 40.5 Å². The van der Waals surface area contributed by atoms with Crippen LogP contribution in [0.3, 0.4) is 0 Å². The minimum atomic E-state index is 0.0230. The van der Waals surface area contributed by atoms with Gasteiger partial charge in [0.25, 0.3) is 0 Å². The number of benzene rings is 4. The van der Waals surface area contributed by atoms with Crippen molar-refractivity contribution >= 4 is 91.6 Å². The van der Waals surface area contributed by atoms with E-state index in [0.717, 1.165) is 26.7 Å². The van der Waals surface area contributed by atoms with E-state index in [0.29, 0.717) is 38.0 Å². The van der Waals surface area contributed by atoms with Crippen LogP contribution in [-0.4, -0.2) is 29.9 Å². The maximum absolute atomic E-state index is 6.47. The molecule has 0 atom stereocenters. The number of aromatic nitrogens is 6. The lowest BCUT2D eigenvalue weighted by Crippen LogP contribution is -2.06. The van der Waals surface area contributed by atoms with E-state index in [-0.39, 0.29) is 23.7 Å². The number of aryl methyl sites for hydroxylation is 1. The average molecular weight is 706 g/mol. The average Bonchev–Trinajstić information content (AvgIpc) is 3.01. The maximum atomic E-state index is 6.47. The molecule has 46 heavy (non-hydrogen) atoms. The lowest BCUT2D eigenvalue weighted by Gasteiger charge is -2.14. The fraction of sp³-hybridized carbons (Fsp3) is 0.0323. The number of nitrogens with two attached hydrogens (primary N) is 2. The van der Waals surface area contributed by atoms with Crippen LogP contribution in [0.4, 0.5) is 35.2 Å². The van der Waals surface area contributed by atoms with Crippen LogP contribution in [-0.2, 0) is 0 Å². The highest BCUT2D eigenvalue weighted by Crippen LogP contribution is 2.44. The first-order valence-corrected chi connectivity index (χ1v) is 16.8. The number of nitrogens with zero attached hydrogens (tertiary/aromatic N) is 6. The first-order chi connectivity index (χ1) is 22.2. The Labute approximate surface area is 287 Å². The monoisotopic (exact) mass is 704 g/mol. The molecule has 0 radical (unpaired) electrons. The summed E-state index contributed by atoms with van der Waals surface area (Å²) in [5.41, 5.74) is 15.7. The van der Waals surface area contributed by atoms with Crippen LogP contribution in [0.1, 0.15) is 5.56 Å². The van der Waals surface area contributed by atoms with Gasteiger partial charge >= 0.3 is 0 Å². The van der Waals surface area contributed by atoms with Crippen molar-refractivity contribution in [1.82, 2.24) is 29.9 Å². The van der Waals surface area contributed by atoms with Crippen LogP contribution in [0.25, 0.3) is 22.8 Å². The molecule has 6 aromatic rings. The molecule has 0 amide bonds. The molecule has 0 fully saturated rings. The Morgan fingerprint density at radius 2 is 0.957 bits per heavy atom. The van der Waals surface area contributed by atoms with Crippen molar-refractivity contribution in [1.29, 1.82) is 0 Å². The molecule has 2 heterocycles. The zero-order valence-electron chi connectivity index (χ0n) is 23.9. The highest BCUT2D eigenvalue weighted by atomic mass is 35.5. The van der Waals surface area contributed by atoms with Crippen molar-refractivity contribution in [3.8, 4) is 22.8 Å². The molecule has 0 bridgehead atoms. The van der Waals surface area contributed by atoms with E-state index in [4.69, 9.17) is 46.3 Å². The number of anilines is 6. The molecule has 230 valence electrons. The molecule has 0 spiro atoms. The summed E-state index contributed by atoms with van der Waals surface area (Å²) >= 11 is 19.3. The summed E-state index contributed by atoms with van der Waals surface area (Å²) in [6, 6.07) is 26.3. The largest absolute Gasteiger partial charge is 0.368 e. The second-order valence-electron chi connectivity index (χ2n) is 9.62. The second kappa shape index (κ2) is 14.0. The van der Waals surface area contributed by atoms with Gasteiger partial charge in [-0.05, 0) is 55.0 Å². The van der Waals surface area contributed by atoms with Gasteiger partial charge in [-0.1, -0.05) is 98.9 Å². The minimum Gasteiger partial charge on any atom is -0.368 e. The maximum Gasteiger partial charge on any atom is 0.232 e. The quantitative estimate of drug-likeness (QED) is 0.106. The third kappa shape index (κ3) is 7.22. The number of para-hydroxylation sites is 2. The van der Waals surface area contributed by atoms with Crippen LogP contribution in [0, 0.1) is 6.92 Å². The third-order valence-corrected chi connectivity index (χ3v) is 9.85. The highest BCUT2D eigenvalue weighted by molar-refractivity contribution is 8.76. The SMILES string of the molecule is Cc1cccc(Cl)c1-c1nc(N)nc(Nc2ccccc2SSc2ccccc2Nc2nc(N)nc(-c3c(Cl)cccc3Cl)n2)n1. The van der Waals surface area contributed by atoms with Gasteiger partial charge in [0, 0.05) is 15.4 Å². The van der Waals surface area contributed by atoms with Gasteiger partial charge in [0.2, 0.25) is 23.8 Å². The molecule has 0 unspecified atom stereocenters. The first-order valence-electron chi connectivity index (χ1n) is 13.5. The summed E-state index contributed by atoms with van der Waals surface area (Å²) in [6.45, 7) is 1.94. The van der Waals surface area contributed by atoms with Crippen molar-refractivity contribution in [2.24, 2.45) is 0 Å². The van der Waals surface area contributed by atoms with Crippen LogP contribution < -0.4 is 22.1 Å². The molecule has 4 aromatic carbocycles. The van der Waals surface area contributed by atoms with Gasteiger partial charge < -0.3 is 22.1 Å². The molecular formula is C31H23Cl3N10S2. The minimum absolute atomic E-state index is 0.0230. The fourth-order valence-electron chi connectivity index (χ4n) is 4.36. The second-order valence-corrected chi connectivity index (χ2v) is 13.1. The zero-order valence-corrected chi connectivity index (χ0v) is 27.8. The lowest BCUT2D eigenvalue weighted by molar-refractivity contribution is 1.07. The van der Waals surface area contributed by atoms with Gasteiger partial charge in [0.15, 0.2) is 11.6 Å². The van der Waals surface area contributed by atoms with Gasteiger partial charge in [-0.15, -0.1) is 0 Å². The summed E-state index contributed by atoms with van der Waals surface area (Å²) in [7, 11) is 3.07. The van der Waals surface area contributed by atoms with Gasteiger partial charge in [-0.3, -0.25) is 0 Å². The number of hydrogen-bond donors (Lipinski definition) is 4. The Morgan fingerprint density at radius 1 is 0.522 bits per heavy atom. The molecule has 2 aromatic heterocycles. The fourth-order valence-corrected chi connectivity index (χ4v) is 7.51. The summed E-state index contributed by atoms with van der Waals surface area (Å²) in [5.74, 6) is 1.29. The number of halogens is 3. The van der Waals surface area contributed by atoms with Crippen molar-refractivity contribution in [3.63, 3.8) is 0 Å². The summed E-state index contributed by atoms with van der Waals surface area (Å²) in [4.78, 5) is 28.2. The normalized spacial score (nSPS) is 11.0. The Hall–Kier alpha value is -4.33. The summed E-state index contributed by atoms with van der Waals surface area (Å²) in [5, 5.41) is 7.88. The number of nitrogen functional groups attached to an aromatic ring is 2. The molecule has 10 nitrogen and oxygen atoms in total. The van der Waals surface area contributed by atoms with Gasteiger partial charge in [-0.25, -0.2) is 0 Å². The molecule has 0 aliphatic rings. The standard InChI is InChI=1S/C31H23Cl3N10S2/c1-16-8-6-9-17(32)24(16)26-39-28(35)43-30(41-26)37-20-12-2-4-14-22(20)45-46-23-15-5-3-13-21(23)38-31-42-27(40-29(36)44-31)25-18(33)10-7-11-19(25)34/h2-15H,1H3,(H3,35,37,39,41,43)(H3,36,38,40,42,44). The van der Waals surface area contributed by atoms with E-state index >= 15 is 0 Å². The van der Waals surface area contributed by atoms with E-state index in [1.54, 1.807) is 24.3 Å². The molecule has 0 saturated heterocycles. The van der Waals surface area contributed by atoms with E-state index in [9.17, 15) is 0 Å². The molecular weight excluding hydrogens is 683 g/mol. The first kappa shape index (κ1) is 31.6. The number of nitrogens with one attached hydrogen (secondary N) is 2. The van der Waals surface area contributed by atoms with E-state index in [1.807, 2.05) is 67.6 Å². The van der Waals surface area contributed by atoms with E-state index < -0.39 is 0 Å². The molecule has 0 aliphatic heterocycles. The Balaban J connectivity index is 1.23. The Bertz CT molecular complexity index is 1880. The van der Waals surface area contributed by atoms with Gasteiger partial charge in [-0.2, -0.15) is 29.9 Å². The van der Waals surface area contributed by atoms with Crippen molar-refractivity contribution in [3.05, 3.63) is 106 Å². The number of hydrogen-bond acceptors (Lipinski definition) is 12. The van der Waals surface area contributed by atoms with Crippen LogP contribution >= 0.6 is 56.4 Å². The molecule has 6 N–H and O–H groups in total. The summed E-state index contributed by atoms with van der Waals surface area (Å²) in [6.07, 6.45) is 0. The smallest absolute Gasteiger partial charge is 0.232 e. The number of rotatable bonds is 9. The summed E-state index contributed by atoms with van der Waals surface area (Å²) < 4.78 is 0. The molecule has 15 heteroatoms. The van der Waals surface area contributed by atoms with Gasteiger partial charge in [0.05, 0.1) is 32.0 Å². The molecule has 0 aliphatic carbocycles. The lowest BCUT2D eigenvalue weighted by atomic mass is 10.1. The van der Waals surface area contributed by atoms with E-state index in [1.165, 1.54) is 21.6 Å². The van der Waals surface area contributed by atoms with Crippen LogP contribution in [0.5, 0.6) is 0 Å². The Morgan fingerprint density at radius 3 is 1.46 bits per heavy atom. The predicted octanol–water partition coefficient (Wildman–Crippen LogP) is 9.11. The Kier molecular flexibility index (Phi) is 9.61. The molecule has 6 rings (SSSR count). The highest BCUT2D eigenvalue weighted by Gasteiger charge is 2.17. The van der Waals surface area contributed by atoms with Crippen LogP contribution in [0.15, 0.2) is 94.7 Å². The van der Waals surface area contributed by atoms with Crippen molar-refractivity contribution in [2.45, 2.75) is 16.7 Å².